The summed E-state index contributed by atoms with van der Waals surface area (Å²) in [6.07, 6.45) is 2.17. The highest BCUT2D eigenvalue weighted by Gasteiger charge is 2.16. The molecule has 0 aromatic heterocycles. The summed E-state index contributed by atoms with van der Waals surface area (Å²) >= 11 is 0. The van der Waals surface area contributed by atoms with E-state index in [1.807, 2.05) is 20.8 Å². The van der Waals surface area contributed by atoms with Crippen LogP contribution in [0.25, 0.3) is 0 Å². The molecule has 0 spiro atoms. The Morgan fingerprint density at radius 3 is 2.27 bits per heavy atom. The second-order valence-electron chi connectivity index (χ2n) is 5.39. The van der Waals surface area contributed by atoms with Crippen LogP contribution in [0.5, 0.6) is 0 Å². The van der Waals surface area contributed by atoms with Crippen LogP contribution < -0.4 is 5.73 Å². The first-order valence-corrected chi connectivity index (χ1v) is 5.70. The predicted octanol–water partition coefficient (Wildman–Crippen LogP) is 2.48. The molecule has 0 aliphatic rings. The highest BCUT2D eigenvalue weighted by atomic mass is 16.6. The van der Waals surface area contributed by atoms with Crippen molar-refractivity contribution in [2.24, 2.45) is 11.7 Å². The first kappa shape index (κ1) is 14.4. The fourth-order valence-corrected chi connectivity index (χ4v) is 1.21. The Bertz CT molecular complexity index is 194. The lowest BCUT2D eigenvalue weighted by Gasteiger charge is -2.20. The van der Waals surface area contributed by atoms with Gasteiger partial charge in [0.25, 0.3) is 0 Å². The second-order valence-corrected chi connectivity index (χ2v) is 5.39. The Kier molecular flexibility index (Phi) is 5.88. The summed E-state index contributed by atoms with van der Waals surface area (Å²) in [5.41, 5.74) is 5.50. The average Bonchev–Trinajstić information content (AvgIpc) is 2.00. The molecule has 0 aliphatic heterocycles. The highest BCUT2D eigenvalue weighted by Crippen LogP contribution is 2.12. The minimum Gasteiger partial charge on any atom is -0.460 e. The minimum atomic E-state index is -0.378. The molecule has 0 heterocycles. The number of esters is 1. The SMILES string of the molecule is CC(C)C(N)CCCC(=O)OC(C)(C)C. The van der Waals surface area contributed by atoms with Crippen LogP contribution in [0.4, 0.5) is 0 Å². The van der Waals surface area contributed by atoms with Crippen LogP contribution in [0.3, 0.4) is 0 Å². The summed E-state index contributed by atoms with van der Waals surface area (Å²) < 4.78 is 5.20. The largest absolute Gasteiger partial charge is 0.460 e. The van der Waals surface area contributed by atoms with Crippen molar-refractivity contribution < 1.29 is 9.53 Å². The minimum absolute atomic E-state index is 0.126. The molecule has 90 valence electrons. The van der Waals surface area contributed by atoms with Gasteiger partial charge in [0, 0.05) is 12.5 Å². The lowest BCUT2D eigenvalue weighted by Crippen LogP contribution is -2.27. The Balaban J connectivity index is 3.65. The molecule has 0 aromatic carbocycles. The molecule has 0 fully saturated rings. The third kappa shape index (κ3) is 8.43. The van der Waals surface area contributed by atoms with Crippen LogP contribution in [0.1, 0.15) is 53.9 Å². The molecule has 2 N–H and O–H groups in total. The summed E-state index contributed by atoms with van der Waals surface area (Å²) in [6.45, 7) is 9.83. The Morgan fingerprint density at radius 1 is 1.33 bits per heavy atom. The standard InChI is InChI=1S/C12H25NO2/c1-9(2)10(13)7-6-8-11(14)15-12(3,4)5/h9-10H,6-8,13H2,1-5H3. The van der Waals surface area contributed by atoms with E-state index in [9.17, 15) is 4.79 Å². The van der Waals surface area contributed by atoms with E-state index in [-0.39, 0.29) is 17.6 Å². The van der Waals surface area contributed by atoms with Crippen LogP contribution in [0.2, 0.25) is 0 Å². The van der Waals surface area contributed by atoms with E-state index < -0.39 is 0 Å². The van der Waals surface area contributed by atoms with Crippen molar-refractivity contribution in [3.8, 4) is 0 Å². The van der Waals surface area contributed by atoms with Crippen LogP contribution in [-0.4, -0.2) is 17.6 Å². The molecule has 3 heteroatoms. The Hall–Kier alpha value is -0.570. The normalized spacial score (nSPS) is 14.1. The van der Waals surface area contributed by atoms with Crippen molar-refractivity contribution in [2.75, 3.05) is 0 Å². The maximum absolute atomic E-state index is 11.3. The first-order valence-electron chi connectivity index (χ1n) is 5.70. The van der Waals surface area contributed by atoms with Crippen LogP contribution in [0, 0.1) is 5.92 Å². The maximum atomic E-state index is 11.3. The lowest BCUT2D eigenvalue weighted by molar-refractivity contribution is -0.154. The monoisotopic (exact) mass is 215 g/mol. The van der Waals surface area contributed by atoms with Gasteiger partial charge in [0.2, 0.25) is 0 Å². The molecule has 0 aliphatic carbocycles. The van der Waals surface area contributed by atoms with Gasteiger partial charge in [0.1, 0.15) is 5.60 Å². The zero-order valence-corrected chi connectivity index (χ0v) is 10.7. The van der Waals surface area contributed by atoms with Gasteiger partial charge < -0.3 is 10.5 Å². The number of rotatable bonds is 5. The van der Waals surface area contributed by atoms with Gasteiger partial charge in [-0.05, 0) is 39.5 Å². The van der Waals surface area contributed by atoms with E-state index in [2.05, 4.69) is 13.8 Å². The van der Waals surface area contributed by atoms with Crippen LogP contribution in [0.15, 0.2) is 0 Å². The molecule has 0 aromatic rings. The second kappa shape index (κ2) is 6.11. The zero-order valence-electron chi connectivity index (χ0n) is 10.7. The summed E-state index contributed by atoms with van der Waals surface area (Å²) in [7, 11) is 0. The summed E-state index contributed by atoms with van der Waals surface area (Å²) in [5, 5.41) is 0. The molecule has 1 unspecified atom stereocenters. The fourth-order valence-electron chi connectivity index (χ4n) is 1.21. The van der Waals surface area contributed by atoms with Crippen LogP contribution >= 0.6 is 0 Å². The van der Waals surface area contributed by atoms with E-state index in [4.69, 9.17) is 10.5 Å². The molecule has 0 amide bonds. The van der Waals surface area contributed by atoms with Gasteiger partial charge >= 0.3 is 5.97 Å². The van der Waals surface area contributed by atoms with Gasteiger partial charge in [-0.3, -0.25) is 4.79 Å². The summed E-state index contributed by atoms with van der Waals surface area (Å²) in [4.78, 5) is 11.3. The number of carbonyl (C=O) groups excluding carboxylic acids is 1. The van der Waals surface area contributed by atoms with Gasteiger partial charge in [-0.25, -0.2) is 0 Å². The Morgan fingerprint density at radius 2 is 1.87 bits per heavy atom. The van der Waals surface area contributed by atoms with Crippen molar-refractivity contribution >= 4 is 5.97 Å². The Labute approximate surface area is 93.4 Å². The van der Waals surface area contributed by atoms with Crippen molar-refractivity contribution in [3.63, 3.8) is 0 Å². The molecule has 0 bridgehead atoms. The lowest BCUT2D eigenvalue weighted by atomic mass is 9.99. The highest BCUT2D eigenvalue weighted by molar-refractivity contribution is 5.69. The van der Waals surface area contributed by atoms with Crippen molar-refractivity contribution in [1.29, 1.82) is 0 Å². The number of carbonyl (C=O) groups is 1. The predicted molar refractivity (Wildman–Crippen MR) is 62.5 cm³/mol. The van der Waals surface area contributed by atoms with Crippen molar-refractivity contribution in [2.45, 2.75) is 65.5 Å². The molecule has 0 radical (unpaired) electrons. The number of ether oxygens (including phenoxy) is 1. The summed E-state index contributed by atoms with van der Waals surface area (Å²) in [6, 6.07) is 0.187. The van der Waals surface area contributed by atoms with E-state index in [0.717, 1.165) is 12.8 Å². The molecular formula is C12H25NO2. The molecule has 3 nitrogen and oxygen atoms in total. The van der Waals surface area contributed by atoms with Crippen molar-refractivity contribution in [3.05, 3.63) is 0 Å². The van der Waals surface area contributed by atoms with Gasteiger partial charge in [0.15, 0.2) is 0 Å². The van der Waals surface area contributed by atoms with Gasteiger partial charge in [0.05, 0.1) is 0 Å². The van der Waals surface area contributed by atoms with E-state index >= 15 is 0 Å². The fraction of sp³-hybridized carbons (Fsp3) is 0.917. The van der Waals surface area contributed by atoms with Gasteiger partial charge in [-0.15, -0.1) is 0 Å². The third-order valence-electron chi connectivity index (χ3n) is 2.19. The van der Waals surface area contributed by atoms with Crippen molar-refractivity contribution in [1.82, 2.24) is 0 Å². The average molecular weight is 215 g/mol. The summed E-state index contributed by atoms with van der Waals surface area (Å²) in [5.74, 6) is 0.349. The van der Waals surface area contributed by atoms with Gasteiger partial charge in [-0.1, -0.05) is 13.8 Å². The number of nitrogens with two attached hydrogens (primary N) is 1. The topological polar surface area (TPSA) is 52.3 Å². The number of hydrogen-bond donors (Lipinski definition) is 1. The molecule has 1 atom stereocenters. The molecule has 0 rings (SSSR count). The molecule has 0 saturated carbocycles. The molecular weight excluding hydrogens is 190 g/mol. The van der Waals surface area contributed by atoms with E-state index in [1.165, 1.54) is 0 Å². The zero-order chi connectivity index (χ0) is 12.1. The quantitative estimate of drug-likeness (QED) is 0.717. The maximum Gasteiger partial charge on any atom is 0.306 e. The van der Waals surface area contributed by atoms with Crippen LogP contribution in [-0.2, 0) is 9.53 Å². The van der Waals surface area contributed by atoms with E-state index in [1.54, 1.807) is 0 Å². The smallest absolute Gasteiger partial charge is 0.306 e. The third-order valence-corrected chi connectivity index (χ3v) is 2.19. The van der Waals surface area contributed by atoms with E-state index in [0.29, 0.717) is 12.3 Å². The molecule has 0 saturated heterocycles. The number of hydrogen-bond acceptors (Lipinski definition) is 3. The first-order chi connectivity index (χ1) is 6.72. The molecule has 15 heavy (non-hydrogen) atoms. The van der Waals surface area contributed by atoms with Gasteiger partial charge in [-0.2, -0.15) is 0 Å².